The lowest BCUT2D eigenvalue weighted by Gasteiger charge is -2.23. The number of hydrogen-bond acceptors (Lipinski definition) is 3. The van der Waals surface area contributed by atoms with Gasteiger partial charge < -0.3 is 4.74 Å². The Morgan fingerprint density at radius 2 is 1.89 bits per heavy atom. The zero-order valence-corrected chi connectivity index (χ0v) is 12.9. The normalized spacial score (nSPS) is 12.5. The van der Waals surface area contributed by atoms with Crippen LogP contribution in [0.2, 0.25) is 0 Å². The zero-order chi connectivity index (χ0) is 14.7. The highest BCUT2D eigenvalue weighted by Gasteiger charge is 2.21. The number of primary sulfonamides is 1. The number of unbranched alkanes of at least 4 members (excludes halogenated alkanes) is 1. The van der Waals surface area contributed by atoms with Crippen molar-refractivity contribution in [3.63, 3.8) is 0 Å². The third-order valence-electron chi connectivity index (χ3n) is 2.84. The van der Waals surface area contributed by atoms with Gasteiger partial charge in [0.1, 0.15) is 5.75 Å². The van der Waals surface area contributed by atoms with E-state index in [4.69, 9.17) is 9.88 Å². The molecule has 1 aromatic carbocycles. The topological polar surface area (TPSA) is 69.4 Å². The van der Waals surface area contributed by atoms with E-state index in [1.165, 1.54) is 6.07 Å². The Morgan fingerprint density at radius 3 is 2.37 bits per heavy atom. The van der Waals surface area contributed by atoms with Gasteiger partial charge in [0.05, 0.1) is 11.5 Å². The lowest BCUT2D eigenvalue weighted by molar-refractivity contribution is 0.301. The summed E-state index contributed by atoms with van der Waals surface area (Å²) in [5, 5.41) is 5.17. The minimum atomic E-state index is -3.68. The molecule has 0 aromatic heterocycles. The summed E-state index contributed by atoms with van der Waals surface area (Å²) >= 11 is 0. The van der Waals surface area contributed by atoms with Crippen LogP contribution in [0.15, 0.2) is 23.1 Å². The van der Waals surface area contributed by atoms with Crippen molar-refractivity contribution in [2.45, 2.75) is 50.8 Å². The Balaban J connectivity index is 3.18. The van der Waals surface area contributed by atoms with Crippen LogP contribution in [0.1, 0.15) is 46.1 Å². The molecule has 0 aliphatic heterocycles. The third kappa shape index (κ3) is 4.51. The number of ether oxygens (including phenoxy) is 1. The van der Waals surface area contributed by atoms with Crippen LogP contribution in [0.4, 0.5) is 0 Å². The molecule has 1 rings (SSSR count). The quantitative estimate of drug-likeness (QED) is 0.846. The van der Waals surface area contributed by atoms with Crippen LogP contribution in [0.5, 0.6) is 5.75 Å². The Hall–Kier alpha value is -1.07. The first kappa shape index (κ1) is 16.0. The van der Waals surface area contributed by atoms with Crippen molar-refractivity contribution in [1.29, 1.82) is 0 Å². The summed E-state index contributed by atoms with van der Waals surface area (Å²) in [6.45, 7) is 8.78. The molecule has 0 aliphatic rings. The van der Waals surface area contributed by atoms with E-state index in [0.717, 1.165) is 24.2 Å². The van der Waals surface area contributed by atoms with Gasteiger partial charge in [0.15, 0.2) is 0 Å². The maximum atomic E-state index is 11.4. The molecule has 0 saturated heterocycles. The Bertz CT molecular complexity index is 530. The SMILES string of the molecule is CCCCOc1ccc(S(N)(=O)=O)cc1C(C)(C)C. The fourth-order valence-electron chi connectivity index (χ4n) is 1.72. The van der Waals surface area contributed by atoms with Crippen LogP contribution in [-0.4, -0.2) is 15.0 Å². The van der Waals surface area contributed by atoms with Crippen molar-refractivity contribution in [2.75, 3.05) is 6.61 Å². The van der Waals surface area contributed by atoms with Gasteiger partial charge in [0, 0.05) is 5.56 Å². The summed E-state index contributed by atoms with van der Waals surface area (Å²) in [6.07, 6.45) is 2.03. The minimum absolute atomic E-state index is 0.125. The predicted octanol–water partition coefficient (Wildman–Crippen LogP) is 2.81. The molecule has 1 aromatic rings. The number of benzene rings is 1. The van der Waals surface area contributed by atoms with Crippen LogP contribution in [0.25, 0.3) is 0 Å². The van der Waals surface area contributed by atoms with E-state index in [0.29, 0.717) is 6.61 Å². The van der Waals surface area contributed by atoms with Crippen LogP contribution in [0.3, 0.4) is 0 Å². The fourth-order valence-corrected chi connectivity index (χ4v) is 2.26. The molecule has 0 amide bonds. The van der Waals surface area contributed by atoms with Crippen molar-refractivity contribution in [1.82, 2.24) is 0 Å². The lowest BCUT2D eigenvalue weighted by Crippen LogP contribution is -2.17. The van der Waals surface area contributed by atoms with Crippen molar-refractivity contribution in [2.24, 2.45) is 5.14 Å². The van der Waals surface area contributed by atoms with Crippen molar-refractivity contribution in [3.05, 3.63) is 23.8 Å². The van der Waals surface area contributed by atoms with Crippen molar-refractivity contribution >= 4 is 10.0 Å². The summed E-state index contributed by atoms with van der Waals surface area (Å²) < 4.78 is 28.6. The van der Waals surface area contributed by atoms with Gasteiger partial charge in [-0.1, -0.05) is 34.1 Å². The van der Waals surface area contributed by atoms with E-state index >= 15 is 0 Å². The summed E-state index contributed by atoms with van der Waals surface area (Å²) in [7, 11) is -3.68. The van der Waals surface area contributed by atoms with E-state index in [2.05, 4.69) is 6.92 Å². The molecule has 0 radical (unpaired) electrons. The Labute approximate surface area is 116 Å². The number of hydrogen-bond donors (Lipinski definition) is 1. The standard InChI is InChI=1S/C14H23NO3S/c1-5-6-9-18-13-8-7-11(19(15,16)17)10-12(13)14(2,3)4/h7-8,10H,5-6,9H2,1-4H3,(H2,15,16,17). The van der Waals surface area contributed by atoms with Crippen LogP contribution in [-0.2, 0) is 15.4 Å². The fraction of sp³-hybridized carbons (Fsp3) is 0.571. The molecule has 0 fully saturated rings. The second-order valence-corrected chi connectivity index (χ2v) is 7.22. The van der Waals surface area contributed by atoms with E-state index in [9.17, 15) is 8.42 Å². The number of rotatable bonds is 5. The lowest BCUT2D eigenvalue weighted by atomic mass is 9.86. The molecule has 19 heavy (non-hydrogen) atoms. The van der Waals surface area contributed by atoms with Gasteiger partial charge in [-0.15, -0.1) is 0 Å². The molecule has 0 spiro atoms. The van der Waals surface area contributed by atoms with Gasteiger partial charge in [-0.3, -0.25) is 0 Å². The molecule has 0 unspecified atom stereocenters. The average molecular weight is 285 g/mol. The first-order valence-corrected chi connectivity index (χ1v) is 8.01. The number of nitrogens with two attached hydrogens (primary N) is 1. The van der Waals surface area contributed by atoms with E-state index in [1.54, 1.807) is 12.1 Å². The molecule has 108 valence electrons. The monoisotopic (exact) mass is 285 g/mol. The Morgan fingerprint density at radius 1 is 1.26 bits per heavy atom. The van der Waals surface area contributed by atoms with Crippen LogP contribution in [0, 0.1) is 0 Å². The van der Waals surface area contributed by atoms with Crippen molar-refractivity contribution < 1.29 is 13.2 Å². The van der Waals surface area contributed by atoms with Gasteiger partial charge in [0.2, 0.25) is 10.0 Å². The molecule has 5 heteroatoms. The highest BCUT2D eigenvalue weighted by Crippen LogP contribution is 2.33. The molecule has 0 bridgehead atoms. The van der Waals surface area contributed by atoms with Gasteiger partial charge in [0.25, 0.3) is 0 Å². The van der Waals surface area contributed by atoms with Gasteiger partial charge in [-0.2, -0.15) is 0 Å². The van der Waals surface area contributed by atoms with Gasteiger partial charge >= 0.3 is 0 Å². The summed E-state index contributed by atoms with van der Waals surface area (Å²) in [4.78, 5) is 0.125. The molecular formula is C14H23NO3S. The molecule has 4 nitrogen and oxygen atoms in total. The smallest absolute Gasteiger partial charge is 0.238 e. The number of sulfonamides is 1. The Kier molecular flexibility index (Phi) is 4.98. The van der Waals surface area contributed by atoms with E-state index in [1.807, 2.05) is 20.8 Å². The summed E-state index contributed by atoms with van der Waals surface area (Å²) in [6, 6.07) is 4.79. The molecule has 2 N–H and O–H groups in total. The zero-order valence-electron chi connectivity index (χ0n) is 12.1. The molecular weight excluding hydrogens is 262 g/mol. The first-order chi connectivity index (χ1) is 8.66. The maximum absolute atomic E-state index is 11.4. The highest BCUT2D eigenvalue weighted by molar-refractivity contribution is 7.89. The van der Waals surface area contributed by atoms with Crippen LogP contribution >= 0.6 is 0 Å². The minimum Gasteiger partial charge on any atom is -0.493 e. The summed E-state index contributed by atoms with van der Waals surface area (Å²) in [5.41, 5.74) is 0.650. The van der Waals surface area contributed by atoms with Crippen molar-refractivity contribution in [3.8, 4) is 5.75 Å². The van der Waals surface area contributed by atoms with E-state index < -0.39 is 10.0 Å². The van der Waals surface area contributed by atoms with Gasteiger partial charge in [-0.25, -0.2) is 13.6 Å². The predicted molar refractivity (Wildman–Crippen MR) is 76.9 cm³/mol. The second kappa shape index (κ2) is 5.92. The third-order valence-corrected chi connectivity index (χ3v) is 3.75. The molecule has 0 atom stereocenters. The largest absolute Gasteiger partial charge is 0.493 e. The van der Waals surface area contributed by atoms with Gasteiger partial charge in [-0.05, 0) is 30.0 Å². The van der Waals surface area contributed by atoms with E-state index in [-0.39, 0.29) is 10.3 Å². The summed E-state index contributed by atoms with van der Waals surface area (Å²) in [5.74, 6) is 0.730. The highest BCUT2D eigenvalue weighted by atomic mass is 32.2. The van der Waals surface area contributed by atoms with Crippen LogP contribution < -0.4 is 9.88 Å². The average Bonchev–Trinajstić information content (AvgIpc) is 2.27. The molecule has 0 heterocycles. The molecule has 0 saturated carbocycles. The molecule has 0 aliphatic carbocycles. The first-order valence-electron chi connectivity index (χ1n) is 6.46. The maximum Gasteiger partial charge on any atom is 0.238 e. The second-order valence-electron chi connectivity index (χ2n) is 5.65.